The molecule has 0 fully saturated rings. The Bertz CT molecular complexity index is 1430. The van der Waals surface area contributed by atoms with E-state index in [0.29, 0.717) is 5.69 Å². The van der Waals surface area contributed by atoms with Gasteiger partial charge in [0.2, 0.25) is 21.8 Å². The highest BCUT2D eigenvalue weighted by atomic mass is 32.2. The maximum atomic E-state index is 14.2. The Hall–Kier alpha value is -3.65. The lowest BCUT2D eigenvalue weighted by Crippen LogP contribution is -2.56. The highest BCUT2D eigenvalue weighted by molar-refractivity contribution is 7.92. The minimum Gasteiger partial charge on any atom is -0.350 e. The van der Waals surface area contributed by atoms with Gasteiger partial charge in [-0.2, -0.15) is 0 Å². The van der Waals surface area contributed by atoms with Crippen LogP contribution in [0.4, 0.5) is 5.69 Å². The van der Waals surface area contributed by atoms with Gasteiger partial charge in [0.15, 0.2) is 0 Å². The average Bonchev–Trinajstić information content (AvgIpc) is 2.84. The van der Waals surface area contributed by atoms with Crippen LogP contribution in [0.25, 0.3) is 0 Å². The molecule has 3 rings (SSSR count). The molecule has 1 N–H and O–H groups in total. The van der Waals surface area contributed by atoms with Gasteiger partial charge in [0.1, 0.15) is 12.6 Å². The standard InChI is InChI=1S/C32H41N3O4S/c1-23-13-11-18-27(19-23)21-34(28(31(37)33-32(4,5)6)20-26-16-9-8-10-17-26)29(36)22-35(40(7,38)39)30-24(2)14-12-15-25(30)3/h8-19,28H,20-22H2,1-7H3,(H,33,37). The van der Waals surface area contributed by atoms with Crippen molar-refractivity contribution in [3.05, 3.63) is 101 Å². The molecule has 0 radical (unpaired) electrons. The number of aryl methyl sites for hydroxylation is 3. The van der Waals surface area contributed by atoms with E-state index in [4.69, 9.17) is 0 Å². The molecule has 0 spiro atoms. The first-order valence-corrected chi connectivity index (χ1v) is 15.3. The molecule has 8 heteroatoms. The Morgan fingerprint density at radius 2 is 1.43 bits per heavy atom. The van der Waals surface area contributed by atoms with E-state index in [0.717, 1.165) is 38.4 Å². The van der Waals surface area contributed by atoms with Gasteiger partial charge in [-0.25, -0.2) is 8.42 Å². The zero-order valence-electron chi connectivity index (χ0n) is 24.6. The van der Waals surface area contributed by atoms with Crippen LogP contribution in [0.1, 0.15) is 48.6 Å². The monoisotopic (exact) mass is 563 g/mol. The van der Waals surface area contributed by atoms with Crippen molar-refractivity contribution in [1.82, 2.24) is 10.2 Å². The van der Waals surface area contributed by atoms with Crippen LogP contribution in [-0.4, -0.2) is 49.5 Å². The molecule has 40 heavy (non-hydrogen) atoms. The van der Waals surface area contributed by atoms with Crippen LogP contribution < -0.4 is 9.62 Å². The van der Waals surface area contributed by atoms with Crippen molar-refractivity contribution in [2.24, 2.45) is 0 Å². The molecule has 0 bridgehead atoms. The quantitative estimate of drug-likeness (QED) is 0.379. The summed E-state index contributed by atoms with van der Waals surface area (Å²) < 4.78 is 27.3. The Kier molecular flexibility index (Phi) is 9.79. The smallest absolute Gasteiger partial charge is 0.244 e. The van der Waals surface area contributed by atoms with Crippen molar-refractivity contribution in [1.29, 1.82) is 0 Å². The molecule has 2 amide bonds. The molecular formula is C32H41N3O4S. The van der Waals surface area contributed by atoms with Crippen LogP contribution in [0.3, 0.4) is 0 Å². The summed E-state index contributed by atoms with van der Waals surface area (Å²) in [5, 5.41) is 3.04. The van der Waals surface area contributed by atoms with Gasteiger partial charge in [0, 0.05) is 18.5 Å². The van der Waals surface area contributed by atoms with Crippen LogP contribution in [0.5, 0.6) is 0 Å². The third-order valence-corrected chi connectivity index (χ3v) is 7.69. The van der Waals surface area contributed by atoms with E-state index in [1.54, 1.807) is 0 Å². The predicted octanol–water partition coefficient (Wildman–Crippen LogP) is 4.93. The maximum Gasteiger partial charge on any atom is 0.244 e. The second kappa shape index (κ2) is 12.7. The Balaban J connectivity index is 2.11. The SMILES string of the molecule is Cc1cccc(CN(C(=O)CN(c2c(C)cccc2C)S(C)(=O)=O)C(Cc2ccccc2)C(=O)NC(C)(C)C)c1. The molecule has 1 atom stereocenters. The van der Waals surface area contributed by atoms with E-state index in [-0.39, 0.29) is 18.9 Å². The van der Waals surface area contributed by atoms with E-state index in [1.165, 1.54) is 4.90 Å². The van der Waals surface area contributed by atoms with Crippen LogP contribution in [0.15, 0.2) is 72.8 Å². The van der Waals surface area contributed by atoms with Gasteiger partial charge in [-0.1, -0.05) is 78.4 Å². The van der Waals surface area contributed by atoms with Gasteiger partial charge in [-0.05, 0) is 63.8 Å². The van der Waals surface area contributed by atoms with Crippen molar-refractivity contribution in [3.63, 3.8) is 0 Å². The lowest BCUT2D eigenvalue weighted by atomic mass is 10.0. The number of carbonyl (C=O) groups is 2. The largest absolute Gasteiger partial charge is 0.350 e. The zero-order chi connectivity index (χ0) is 29.7. The molecule has 214 valence electrons. The molecule has 0 aliphatic carbocycles. The summed E-state index contributed by atoms with van der Waals surface area (Å²) in [6.07, 6.45) is 1.38. The van der Waals surface area contributed by atoms with Gasteiger partial charge >= 0.3 is 0 Å². The summed E-state index contributed by atoms with van der Waals surface area (Å²) in [5.74, 6) is -0.755. The number of para-hydroxylation sites is 1. The minimum atomic E-state index is -3.82. The number of carbonyl (C=O) groups excluding carboxylic acids is 2. The van der Waals surface area contributed by atoms with Crippen molar-refractivity contribution in [3.8, 4) is 0 Å². The van der Waals surface area contributed by atoms with Crippen LogP contribution in [0, 0.1) is 20.8 Å². The van der Waals surface area contributed by atoms with Crippen molar-refractivity contribution in [2.75, 3.05) is 17.1 Å². The summed E-state index contributed by atoms with van der Waals surface area (Å²) in [6, 6.07) is 21.9. The predicted molar refractivity (Wildman–Crippen MR) is 162 cm³/mol. The van der Waals surface area contributed by atoms with Crippen LogP contribution >= 0.6 is 0 Å². The highest BCUT2D eigenvalue weighted by Gasteiger charge is 2.34. The van der Waals surface area contributed by atoms with E-state index >= 15 is 0 Å². The second-order valence-corrected chi connectivity index (χ2v) is 13.4. The number of hydrogen-bond donors (Lipinski definition) is 1. The lowest BCUT2D eigenvalue weighted by molar-refractivity contribution is -0.140. The maximum absolute atomic E-state index is 14.2. The summed E-state index contributed by atoms with van der Waals surface area (Å²) in [5.41, 5.74) is 4.22. The van der Waals surface area contributed by atoms with Gasteiger partial charge < -0.3 is 10.2 Å². The summed E-state index contributed by atoms with van der Waals surface area (Å²) in [6.45, 7) is 11.0. The van der Waals surface area contributed by atoms with E-state index in [9.17, 15) is 18.0 Å². The highest BCUT2D eigenvalue weighted by Crippen LogP contribution is 2.27. The molecule has 1 unspecified atom stereocenters. The Labute approximate surface area is 239 Å². The van der Waals surface area contributed by atoms with Gasteiger partial charge in [0.05, 0.1) is 11.9 Å². The normalized spacial score (nSPS) is 12.5. The number of benzene rings is 3. The number of hydrogen-bond acceptors (Lipinski definition) is 4. The molecule has 0 saturated heterocycles. The van der Waals surface area contributed by atoms with Crippen molar-refractivity contribution in [2.45, 2.75) is 66.1 Å². The summed E-state index contributed by atoms with van der Waals surface area (Å²) in [4.78, 5) is 29.5. The van der Waals surface area contributed by atoms with Crippen LogP contribution in [-0.2, 0) is 32.6 Å². The number of rotatable bonds is 10. The molecule has 0 aliphatic rings. The molecule has 0 aromatic heterocycles. The summed E-state index contributed by atoms with van der Waals surface area (Å²) in [7, 11) is -3.82. The first-order chi connectivity index (χ1) is 18.7. The second-order valence-electron chi connectivity index (χ2n) is 11.5. The minimum absolute atomic E-state index is 0.153. The molecule has 0 heterocycles. The molecular weight excluding hydrogens is 522 g/mol. The number of anilines is 1. The molecule has 3 aromatic rings. The Morgan fingerprint density at radius 1 is 0.850 bits per heavy atom. The number of sulfonamides is 1. The van der Waals surface area contributed by atoms with Gasteiger partial charge in [-0.3, -0.25) is 13.9 Å². The Morgan fingerprint density at radius 3 is 1.98 bits per heavy atom. The molecule has 0 aliphatic heterocycles. The molecule has 7 nitrogen and oxygen atoms in total. The first-order valence-electron chi connectivity index (χ1n) is 13.4. The van der Waals surface area contributed by atoms with E-state index < -0.39 is 34.1 Å². The first kappa shape index (κ1) is 30.9. The fourth-order valence-electron chi connectivity index (χ4n) is 4.79. The van der Waals surface area contributed by atoms with Gasteiger partial charge in [0.25, 0.3) is 0 Å². The van der Waals surface area contributed by atoms with Crippen LogP contribution in [0.2, 0.25) is 0 Å². The van der Waals surface area contributed by atoms with Crippen molar-refractivity contribution < 1.29 is 18.0 Å². The van der Waals surface area contributed by atoms with E-state index in [1.807, 2.05) is 114 Å². The fourth-order valence-corrected chi connectivity index (χ4v) is 5.75. The number of nitrogens with zero attached hydrogens (tertiary/aromatic N) is 2. The average molecular weight is 564 g/mol. The summed E-state index contributed by atoms with van der Waals surface area (Å²) >= 11 is 0. The molecule has 0 saturated carbocycles. The number of amides is 2. The fraction of sp³-hybridized carbons (Fsp3) is 0.375. The number of nitrogens with one attached hydrogen (secondary N) is 1. The zero-order valence-corrected chi connectivity index (χ0v) is 25.4. The third kappa shape index (κ3) is 8.42. The van der Waals surface area contributed by atoms with E-state index in [2.05, 4.69) is 5.32 Å². The topological polar surface area (TPSA) is 86.8 Å². The lowest BCUT2D eigenvalue weighted by Gasteiger charge is -2.35. The van der Waals surface area contributed by atoms with Crippen molar-refractivity contribution >= 4 is 27.5 Å². The third-order valence-electron chi connectivity index (χ3n) is 6.57. The molecule has 3 aromatic carbocycles. The van der Waals surface area contributed by atoms with Gasteiger partial charge in [-0.15, -0.1) is 0 Å².